The third kappa shape index (κ3) is 4.61. The Morgan fingerprint density at radius 2 is 1.75 bits per heavy atom. The van der Waals surface area contributed by atoms with Crippen LogP contribution in [0.4, 0.5) is 0 Å². The highest BCUT2D eigenvalue weighted by Gasteiger charge is 2.46. The van der Waals surface area contributed by atoms with Gasteiger partial charge in [0, 0.05) is 6.61 Å². The summed E-state index contributed by atoms with van der Waals surface area (Å²) in [6.45, 7) is 0.262. The van der Waals surface area contributed by atoms with Crippen molar-refractivity contribution in [1.29, 1.82) is 0 Å². The molecule has 1 saturated heterocycles. The molecule has 2 unspecified atom stereocenters. The van der Waals surface area contributed by atoms with Crippen LogP contribution in [0.25, 0.3) is 0 Å². The van der Waals surface area contributed by atoms with Crippen LogP contribution in [-0.4, -0.2) is 82.1 Å². The number of nitrogens with two attached hydrogens (primary N) is 1. The third-order valence-corrected chi connectivity index (χ3v) is 3.30. The number of unbranched alkanes of at least 4 members (excludes halogenated alkanes) is 2. The number of rotatable bonds is 8. The van der Waals surface area contributed by atoms with E-state index in [-0.39, 0.29) is 0 Å². The number of ether oxygens (including phenoxy) is 2. The minimum absolute atomic E-state index is 0.298. The van der Waals surface area contributed by atoms with Crippen LogP contribution in [0.1, 0.15) is 19.3 Å². The Balaban J connectivity index is 2.48. The van der Waals surface area contributed by atoms with E-state index in [9.17, 15) is 20.4 Å². The molecule has 0 radical (unpaired) electrons. The van der Waals surface area contributed by atoms with Gasteiger partial charge in [-0.05, 0) is 25.8 Å². The van der Waals surface area contributed by atoms with Gasteiger partial charge in [0.1, 0.15) is 30.5 Å². The summed E-state index contributed by atoms with van der Waals surface area (Å²) in [7, 11) is 0. The molecule has 0 aromatic carbocycles. The fourth-order valence-corrected chi connectivity index (χ4v) is 2.06. The van der Waals surface area contributed by atoms with E-state index in [1.165, 1.54) is 0 Å². The highest BCUT2D eigenvalue weighted by molar-refractivity contribution is 4.92. The van der Waals surface area contributed by atoms with Gasteiger partial charge in [0.15, 0.2) is 6.29 Å². The Morgan fingerprint density at radius 3 is 2.35 bits per heavy atom. The molecule has 0 aliphatic carbocycles. The molecule has 7 N–H and O–H groups in total. The van der Waals surface area contributed by atoms with Crippen molar-refractivity contribution in [3.05, 3.63) is 0 Å². The lowest BCUT2D eigenvalue weighted by Gasteiger charge is -2.41. The molecular weight excluding hydrogens is 270 g/mol. The van der Waals surface area contributed by atoms with Crippen molar-refractivity contribution >= 4 is 0 Å². The molecule has 0 amide bonds. The van der Waals surface area contributed by atoms with E-state index in [0.29, 0.717) is 13.2 Å². The van der Waals surface area contributed by atoms with Gasteiger partial charge in [0.25, 0.3) is 0 Å². The van der Waals surface area contributed by atoms with Gasteiger partial charge < -0.3 is 40.7 Å². The predicted molar refractivity (Wildman–Crippen MR) is 68.6 cm³/mol. The fraction of sp³-hybridized carbons (Fsp3) is 1.00. The Hall–Kier alpha value is -0.320. The van der Waals surface area contributed by atoms with E-state index < -0.39 is 43.4 Å². The molecule has 0 bridgehead atoms. The molecule has 20 heavy (non-hydrogen) atoms. The van der Waals surface area contributed by atoms with Gasteiger partial charge in [0.2, 0.25) is 0 Å². The lowest BCUT2D eigenvalue weighted by Crippen LogP contribution is -2.61. The van der Waals surface area contributed by atoms with E-state index in [2.05, 4.69) is 0 Å². The molecule has 0 aromatic heterocycles. The minimum Gasteiger partial charge on any atom is -0.394 e. The van der Waals surface area contributed by atoms with E-state index in [0.717, 1.165) is 19.3 Å². The molecule has 1 aliphatic rings. The highest BCUT2D eigenvalue weighted by atomic mass is 16.7. The van der Waals surface area contributed by atoms with Crippen molar-refractivity contribution < 1.29 is 35.0 Å². The fourth-order valence-electron chi connectivity index (χ4n) is 2.06. The van der Waals surface area contributed by atoms with Gasteiger partial charge in [-0.3, -0.25) is 0 Å². The van der Waals surface area contributed by atoms with Crippen LogP contribution >= 0.6 is 0 Å². The predicted octanol–water partition coefficient (Wildman–Crippen LogP) is -2.71. The Labute approximate surface area is 117 Å². The van der Waals surface area contributed by atoms with Crippen molar-refractivity contribution in [1.82, 2.24) is 0 Å². The van der Waals surface area contributed by atoms with Gasteiger partial charge in [0.05, 0.1) is 6.61 Å². The average molecular weight is 295 g/mol. The number of aliphatic hydroxyl groups excluding tert-OH is 5. The Kier molecular flexibility index (Phi) is 7.85. The van der Waals surface area contributed by atoms with Gasteiger partial charge in [-0.15, -0.1) is 0 Å². The molecule has 120 valence electrons. The lowest BCUT2D eigenvalue weighted by molar-refractivity contribution is -0.311. The number of aliphatic hydroxyl groups is 5. The second-order valence-electron chi connectivity index (χ2n) is 4.91. The zero-order valence-corrected chi connectivity index (χ0v) is 11.3. The summed E-state index contributed by atoms with van der Waals surface area (Å²) in [5, 5.41) is 47.6. The third-order valence-electron chi connectivity index (χ3n) is 3.30. The van der Waals surface area contributed by atoms with Crippen molar-refractivity contribution in [3.8, 4) is 0 Å². The summed E-state index contributed by atoms with van der Waals surface area (Å²) in [6, 6.07) is 0. The lowest BCUT2D eigenvalue weighted by atomic mass is 9.95. The van der Waals surface area contributed by atoms with Gasteiger partial charge in [-0.1, -0.05) is 0 Å². The van der Waals surface area contributed by atoms with Crippen molar-refractivity contribution in [2.45, 2.75) is 56.1 Å². The molecule has 8 heteroatoms. The second-order valence-corrected chi connectivity index (χ2v) is 4.91. The molecular formula is C12H25NO7. The SMILES string of the molecule is NCCCCCO[C@H]1OC([C@@H](O)CO)[C@@H](O)[C@H](O)C1O. The first-order valence-electron chi connectivity index (χ1n) is 6.83. The molecule has 0 aromatic rings. The van der Waals surface area contributed by atoms with E-state index in [1.807, 2.05) is 0 Å². The van der Waals surface area contributed by atoms with Crippen molar-refractivity contribution in [3.63, 3.8) is 0 Å². The van der Waals surface area contributed by atoms with Gasteiger partial charge in [-0.2, -0.15) is 0 Å². The van der Waals surface area contributed by atoms with Crippen LogP contribution in [0.15, 0.2) is 0 Å². The first-order chi connectivity index (χ1) is 9.52. The summed E-state index contributed by atoms with van der Waals surface area (Å²) in [5.41, 5.74) is 5.36. The minimum atomic E-state index is -1.51. The van der Waals surface area contributed by atoms with Crippen LogP contribution < -0.4 is 5.73 Å². The largest absolute Gasteiger partial charge is 0.394 e. The molecule has 1 aliphatic heterocycles. The molecule has 0 spiro atoms. The summed E-state index contributed by atoms with van der Waals surface area (Å²) in [5.74, 6) is 0. The Morgan fingerprint density at radius 1 is 1.05 bits per heavy atom. The normalized spacial score (nSPS) is 36.0. The highest BCUT2D eigenvalue weighted by Crippen LogP contribution is 2.24. The summed E-state index contributed by atoms with van der Waals surface area (Å²) >= 11 is 0. The van der Waals surface area contributed by atoms with Gasteiger partial charge in [-0.25, -0.2) is 0 Å². The zero-order valence-electron chi connectivity index (χ0n) is 11.3. The molecule has 0 saturated carbocycles. The monoisotopic (exact) mass is 295 g/mol. The smallest absolute Gasteiger partial charge is 0.186 e. The van der Waals surface area contributed by atoms with Crippen LogP contribution in [0.3, 0.4) is 0 Å². The van der Waals surface area contributed by atoms with E-state index in [4.69, 9.17) is 20.3 Å². The van der Waals surface area contributed by atoms with E-state index >= 15 is 0 Å². The maximum Gasteiger partial charge on any atom is 0.186 e. The second kappa shape index (κ2) is 8.85. The number of hydrogen-bond acceptors (Lipinski definition) is 8. The quantitative estimate of drug-likeness (QED) is 0.265. The Bertz CT molecular complexity index is 268. The molecule has 1 heterocycles. The van der Waals surface area contributed by atoms with Gasteiger partial charge >= 0.3 is 0 Å². The first kappa shape index (κ1) is 17.7. The van der Waals surface area contributed by atoms with Crippen molar-refractivity contribution in [2.75, 3.05) is 19.8 Å². The van der Waals surface area contributed by atoms with Crippen LogP contribution in [0.2, 0.25) is 0 Å². The van der Waals surface area contributed by atoms with Crippen LogP contribution in [-0.2, 0) is 9.47 Å². The van der Waals surface area contributed by atoms with Crippen LogP contribution in [0, 0.1) is 0 Å². The molecule has 8 nitrogen and oxygen atoms in total. The molecule has 1 fully saturated rings. The maximum absolute atomic E-state index is 9.76. The summed E-state index contributed by atoms with van der Waals surface area (Å²) in [4.78, 5) is 0. The zero-order chi connectivity index (χ0) is 15.1. The summed E-state index contributed by atoms with van der Waals surface area (Å²) < 4.78 is 10.5. The molecule has 6 atom stereocenters. The number of hydrogen-bond donors (Lipinski definition) is 6. The van der Waals surface area contributed by atoms with E-state index in [1.54, 1.807) is 0 Å². The van der Waals surface area contributed by atoms with Crippen molar-refractivity contribution in [2.24, 2.45) is 5.73 Å². The standard InChI is InChI=1S/C12H25NO7/c13-4-2-1-3-5-19-12-10(18)8(16)9(17)11(20-12)7(15)6-14/h7-12,14-18H,1-6,13H2/t7-,8-,9-,10?,11?,12-/m0/s1. The maximum atomic E-state index is 9.76. The average Bonchev–Trinajstić information content (AvgIpc) is 2.46. The summed E-state index contributed by atoms with van der Waals surface area (Å²) in [6.07, 6.45) is -5.71. The first-order valence-corrected chi connectivity index (χ1v) is 6.83. The van der Waals surface area contributed by atoms with Crippen LogP contribution in [0.5, 0.6) is 0 Å². The molecule has 1 rings (SSSR count). The topological polar surface area (TPSA) is 146 Å².